The van der Waals surface area contributed by atoms with Crippen molar-refractivity contribution in [3.63, 3.8) is 0 Å². The molecule has 0 aliphatic rings. The SMILES string of the molecule is COc1cccc(CNc2nc(NCc3ccccc3)nc(NCc3ccc(C(=O)NCCOCCOCCN)cc3)n2)c1OC. The van der Waals surface area contributed by atoms with E-state index in [1.54, 1.807) is 26.4 Å². The van der Waals surface area contributed by atoms with Crippen LogP contribution in [0.5, 0.6) is 11.5 Å². The van der Waals surface area contributed by atoms with E-state index in [0.29, 0.717) is 94.1 Å². The summed E-state index contributed by atoms with van der Waals surface area (Å²) in [6.07, 6.45) is 0. The summed E-state index contributed by atoms with van der Waals surface area (Å²) in [5.41, 5.74) is 8.87. The molecule has 1 heterocycles. The van der Waals surface area contributed by atoms with E-state index in [2.05, 4.69) is 36.2 Å². The summed E-state index contributed by atoms with van der Waals surface area (Å²) in [4.78, 5) is 26.3. The number of carbonyl (C=O) groups excluding carboxylic acids is 1. The van der Waals surface area contributed by atoms with Crippen LogP contribution in [-0.4, -0.2) is 74.6 Å². The molecule has 13 heteroatoms. The first-order chi connectivity index (χ1) is 22.6. The number of anilines is 3. The minimum Gasteiger partial charge on any atom is -0.493 e. The smallest absolute Gasteiger partial charge is 0.251 e. The first-order valence-electron chi connectivity index (χ1n) is 15.0. The Morgan fingerprint density at radius 2 is 1.28 bits per heavy atom. The standard InChI is InChI=1S/C33H42N8O5/c1-43-28-10-6-9-27(29(28)44-2)23-38-33-40-31(36-21-24-7-4-3-5-8-24)39-32(41-33)37-22-25-11-13-26(14-12-25)30(42)35-16-18-46-20-19-45-17-15-34/h3-14H,15-23,34H2,1-2H3,(H,35,42)(H3,36,37,38,39,40,41). The minimum absolute atomic E-state index is 0.169. The first kappa shape index (κ1) is 33.9. The van der Waals surface area contributed by atoms with Crippen LogP contribution in [0.4, 0.5) is 17.8 Å². The summed E-state index contributed by atoms with van der Waals surface area (Å²) in [7, 11) is 3.21. The molecule has 1 amide bonds. The third-order valence-corrected chi connectivity index (χ3v) is 6.68. The quantitative estimate of drug-likeness (QED) is 0.0904. The fourth-order valence-electron chi connectivity index (χ4n) is 4.36. The van der Waals surface area contributed by atoms with Gasteiger partial charge in [0, 0.05) is 43.9 Å². The molecule has 0 atom stereocenters. The third kappa shape index (κ3) is 10.9. The van der Waals surface area contributed by atoms with Crippen LogP contribution in [0.1, 0.15) is 27.0 Å². The molecule has 0 saturated heterocycles. The topological polar surface area (TPSA) is 167 Å². The molecule has 4 rings (SSSR count). The van der Waals surface area contributed by atoms with Gasteiger partial charge in [-0.15, -0.1) is 0 Å². The van der Waals surface area contributed by atoms with Crippen LogP contribution in [0.3, 0.4) is 0 Å². The molecule has 0 saturated carbocycles. The highest BCUT2D eigenvalue weighted by Crippen LogP contribution is 2.31. The van der Waals surface area contributed by atoms with Crippen molar-refractivity contribution in [3.8, 4) is 11.5 Å². The number of nitrogens with one attached hydrogen (secondary N) is 4. The zero-order valence-corrected chi connectivity index (χ0v) is 26.3. The Bertz CT molecular complexity index is 1490. The molecule has 0 aliphatic heterocycles. The van der Waals surface area contributed by atoms with Crippen LogP contribution in [0.2, 0.25) is 0 Å². The number of para-hydroxylation sites is 1. The molecule has 4 aromatic rings. The highest BCUT2D eigenvalue weighted by molar-refractivity contribution is 5.94. The van der Waals surface area contributed by atoms with Crippen molar-refractivity contribution in [1.82, 2.24) is 20.3 Å². The van der Waals surface area contributed by atoms with Gasteiger partial charge in [0.1, 0.15) is 0 Å². The number of benzene rings is 3. The van der Waals surface area contributed by atoms with Crippen molar-refractivity contribution in [2.75, 3.05) is 69.7 Å². The van der Waals surface area contributed by atoms with Gasteiger partial charge in [0.25, 0.3) is 5.91 Å². The molecule has 0 radical (unpaired) electrons. The predicted octanol–water partition coefficient (Wildman–Crippen LogP) is 3.45. The first-order valence-corrected chi connectivity index (χ1v) is 15.0. The largest absolute Gasteiger partial charge is 0.493 e. The molecule has 3 aromatic carbocycles. The fourth-order valence-corrected chi connectivity index (χ4v) is 4.36. The zero-order chi connectivity index (χ0) is 32.4. The highest BCUT2D eigenvalue weighted by Gasteiger charge is 2.12. The van der Waals surface area contributed by atoms with E-state index in [1.165, 1.54) is 0 Å². The van der Waals surface area contributed by atoms with E-state index in [4.69, 9.17) is 24.7 Å². The van der Waals surface area contributed by atoms with Gasteiger partial charge < -0.3 is 45.9 Å². The number of methoxy groups -OCH3 is 2. The van der Waals surface area contributed by atoms with Gasteiger partial charge in [0.2, 0.25) is 17.8 Å². The Labute approximate surface area is 269 Å². The van der Waals surface area contributed by atoms with Gasteiger partial charge in [-0.05, 0) is 29.3 Å². The van der Waals surface area contributed by atoms with Crippen LogP contribution >= 0.6 is 0 Å². The van der Waals surface area contributed by atoms with Gasteiger partial charge in [-0.2, -0.15) is 15.0 Å². The Kier molecular flexibility index (Phi) is 13.8. The normalized spacial score (nSPS) is 10.7. The lowest BCUT2D eigenvalue weighted by Gasteiger charge is -2.14. The highest BCUT2D eigenvalue weighted by atomic mass is 16.5. The van der Waals surface area contributed by atoms with E-state index in [-0.39, 0.29) is 5.91 Å². The number of carbonyl (C=O) groups is 1. The summed E-state index contributed by atoms with van der Waals surface area (Å²) < 4.78 is 21.7. The molecular weight excluding hydrogens is 588 g/mol. The number of nitrogens with two attached hydrogens (primary N) is 1. The van der Waals surface area contributed by atoms with Crippen molar-refractivity contribution in [3.05, 3.63) is 95.1 Å². The lowest BCUT2D eigenvalue weighted by molar-refractivity contribution is 0.0511. The summed E-state index contributed by atoms with van der Waals surface area (Å²) in [5.74, 6) is 2.31. The molecule has 0 fully saturated rings. The van der Waals surface area contributed by atoms with Crippen molar-refractivity contribution in [2.45, 2.75) is 19.6 Å². The maximum atomic E-state index is 12.5. The maximum absolute atomic E-state index is 12.5. The average molecular weight is 631 g/mol. The van der Waals surface area contributed by atoms with E-state index >= 15 is 0 Å². The minimum atomic E-state index is -0.169. The van der Waals surface area contributed by atoms with E-state index in [9.17, 15) is 4.79 Å². The third-order valence-electron chi connectivity index (χ3n) is 6.68. The molecule has 0 unspecified atom stereocenters. The lowest BCUT2D eigenvalue weighted by Crippen LogP contribution is -2.27. The second-order valence-corrected chi connectivity index (χ2v) is 9.97. The van der Waals surface area contributed by atoms with Crippen LogP contribution in [-0.2, 0) is 29.1 Å². The summed E-state index contributed by atoms with van der Waals surface area (Å²) in [5, 5.41) is 12.7. The molecule has 46 heavy (non-hydrogen) atoms. The number of hydrogen-bond donors (Lipinski definition) is 5. The molecule has 244 valence electrons. The van der Waals surface area contributed by atoms with Gasteiger partial charge in [0.05, 0.1) is 40.6 Å². The lowest BCUT2D eigenvalue weighted by atomic mass is 10.1. The Hall–Kier alpha value is -4.98. The Balaban J connectivity index is 1.35. The van der Waals surface area contributed by atoms with Crippen molar-refractivity contribution >= 4 is 23.8 Å². The van der Waals surface area contributed by atoms with E-state index in [0.717, 1.165) is 16.7 Å². The molecule has 13 nitrogen and oxygen atoms in total. The van der Waals surface area contributed by atoms with Crippen LogP contribution in [0.25, 0.3) is 0 Å². The zero-order valence-electron chi connectivity index (χ0n) is 26.3. The fraction of sp³-hybridized carbons (Fsp3) is 0.333. The van der Waals surface area contributed by atoms with Gasteiger partial charge in [0.15, 0.2) is 11.5 Å². The van der Waals surface area contributed by atoms with Gasteiger partial charge in [-0.25, -0.2) is 0 Å². The molecule has 1 aromatic heterocycles. The number of ether oxygens (including phenoxy) is 4. The summed E-state index contributed by atoms with van der Waals surface area (Å²) >= 11 is 0. The number of amides is 1. The molecule has 0 bridgehead atoms. The predicted molar refractivity (Wildman–Crippen MR) is 177 cm³/mol. The summed E-state index contributed by atoms with van der Waals surface area (Å²) in [6, 6.07) is 23.0. The van der Waals surface area contributed by atoms with E-state index in [1.807, 2.05) is 60.7 Å². The van der Waals surface area contributed by atoms with Crippen molar-refractivity contribution < 1.29 is 23.7 Å². The van der Waals surface area contributed by atoms with Crippen LogP contribution in [0, 0.1) is 0 Å². The molecular formula is C33H42N8O5. The van der Waals surface area contributed by atoms with Gasteiger partial charge >= 0.3 is 0 Å². The molecule has 6 N–H and O–H groups in total. The van der Waals surface area contributed by atoms with Gasteiger partial charge in [-0.3, -0.25) is 4.79 Å². The number of aromatic nitrogens is 3. The number of rotatable bonds is 20. The second-order valence-electron chi connectivity index (χ2n) is 9.97. The number of hydrogen-bond acceptors (Lipinski definition) is 12. The maximum Gasteiger partial charge on any atom is 0.251 e. The average Bonchev–Trinajstić information content (AvgIpc) is 3.10. The Morgan fingerprint density at radius 3 is 1.89 bits per heavy atom. The second kappa shape index (κ2) is 18.7. The van der Waals surface area contributed by atoms with Crippen molar-refractivity contribution in [2.24, 2.45) is 5.73 Å². The van der Waals surface area contributed by atoms with E-state index < -0.39 is 0 Å². The summed E-state index contributed by atoms with van der Waals surface area (Å²) in [6.45, 7) is 4.12. The van der Waals surface area contributed by atoms with Crippen molar-refractivity contribution in [1.29, 1.82) is 0 Å². The van der Waals surface area contributed by atoms with Crippen LogP contribution < -0.4 is 36.5 Å². The van der Waals surface area contributed by atoms with Crippen LogP contribution in [0.15, 0.2) is 72.8 Å². The molecule has 0 aliphatic carbocycles. The monoisotopic (exact) mass is 630 g/mol. The Morgan fingerprint density at radius 1 is 0.674 bits per heavy atom. The molecule has 0 spiro atoms. The number of nitrogens with zero attached hydrogens (tertiary/aromatic N) is 3. The van der Waals surface area contributed by atoms with Gasteiger partial charge in [-0.1, -0.05) is 54.6 Å².